The number of hydrogen-bond donors (Lipinski definition) is 1. The number of benzene rings is 2. The zero-order valence-electron chi connectivity index (χ0n) is 35.2. The number of ether oxygens (including phenoxy) is 2. The quantitative estimate of drug-likeness (QED) is 0.143. The highest BCUT2D eigenvalue weighted by Gasteiger charge is 2.34. The number of rotatable bonds is 13. The van der Waals surface area contributed by atoms with E-state index in [-0.39, 0.29) is 42.7 Å². The fraction of sp³-hybridized carbons (Fsp3) is 0.333. The fourth-order valence-corrected chi connectivity index (χ4v) is 7.17. The number of halogens is 3. The second-order valence-corrected chi connectivity index (χ2v) is 15.2. The highest BCUT2D eigenvalue weighted by molar-refractivity contribution is 5.91. The molecule has 0 unspecified atom stereocenters. The number of ketones is 2. The van der Waals surface area contributed by atoms with Crippen LogP contribution >= 0.6 is 12.4 Å². The number of terminal acetylenes is 1. The number of anilines is 4. The number of hydrazone groups is 1. The molecule has 64 heavy (non-hydrogen) atoms. The molecule has 1 N–H and O–H groups in total. The molecule has 4 aromatic rings. The number of carbonyl (C=O) groups excluding carboxylic acids is 4. The number of carbonyl (C=O) groups is 4. The van der Waals surface area contributed by atoms with Gasteiger partial charge in [-0.2, -0.15) is 5.10 Å². The topological polar surface area (TPSA) is 165 Å². The van der Waals surface area contributed by atoms with Crippen LogP contribution in [0.3, 0.4) is 0 Å². The summed E-state index contributed by atoms with van der Waals surface area (Å²) < 4.78 is 40.3. The monoisotopic (exact) mass is 896 g/mol. The van der Waals surface area contributed by atoms with E-state index in [1.807, 2.05) is 16.0 Å². The van der Waals surface area contributed by atoms with Gasteiger partial charge in [-0.1, -0.05) is 5.92 Å². The number of nitrogens with one attached hydrogen (secondary N) is 1. The van der Waals surface area contributed by atoms with E-state index in [4.69, 9.17) is 15.9 Å². The number of pyridine rings is 2. The molecular formula is C45H47ClF2N10O6. The highest BCUT2D eigenvalue weighted by Crippen LogP contribution is 2.32. The van der Waals surface area contributed by atoms with Crippen molar-refractivity contribution in [3.8, 4) is 34.6 Å². The molecule has 0 saturated carbocycles. The Labute approximate surface area is 375 Å². The van der Waals surface area contributed by atoms with E-state index in [0.29, 0.717) is 97.9 Å². The third-order valence-corrected chi connectivity index (χ3v) is 10.6. The van der Waals surface area contributed by atoms with Crippen molar-refractivity contribution in [1.82, 2.24) is 20.3 Å². The molecule has 4 aliphatic heterocycles. The van der Waals surface area contributed by atoms with Gasteiger partial charge in [-0.05, 0) is 87.4 Å². The summed E-state index contributed by atoms with van der Waals surface area (Å²) in [6, 6.07) is 16.4. The molecule has 0 bridgehead atoms. The third-order valence-electron chi connectivity index (χ3n) is 10.6. The van der Waals surface area contributed by atoms with Crippen LogP contribution in [0.15, 0.2) is 83.2 Å². The number of hydrazine groups is 1. The molecule has 2 amide bonds. The number of aromatic nitrogens is 2. The van der Waals surface area contributed by atoms with Crippen LogP contribution in [-0.2, 0) is 19.1 Å². The lowest BCUT2D eigenvalue weighted by Gasteiger charge is -2.27. The van der Waals surface area contributed by atoms with E-state index in [9.17, 15) is 28.0 Å². The van der Waals surface area contributed by atoms with Crippen LogP contribution in [0, 0.1) is 24.0 Å². The Morgan fingerprint density at radius 1 is 0.781 bits per heavy atom. The molecule has 19 heteroatoms. The van der Waals surface area contributed by atoms with Gasteiger partial charge in [0.25, 0.3) is 0 Å². The average molecular weight is 897 g/mol. The van der Waals surface area contributed by atoms with Gasteiger partial charge in [0.05, 0.1) is 50.6 Å². The first-order valence-corrected chi connectivity index (χ1v) is 20.4. The van der Waals surface area contributed by atoms with Crippen LogP contribution in [-0.4, -0.2) is 109 Å². The standard InChI is InChI=1S/C24H24FN5O3.C21H22FN5O3.ClH/c1-3-10-28-11-12-30(27-16-28)23-9-5-18(14-26-23)21-8-6-19(13-22(21)25)29-15-20(33-24(29)32)7-4-17(2)31;1-14(28)2-5-17-12-26(21(29)30-17)16-4-6-18(19(22)10-16)15-3-7-20(24-11-15)27-9-8-23-13-25-27;/h1,5-6,8-9,13-14,16,20H,4,7,10-12,15H2,2H3;3-4,6-7,10-11,13,17H,2,5,8-9,12H2,1H3,(H,23,25);1H/t20-;17-;/m00./s1. The van der Waals surface area contributed by atoms with Gasteiger partial charge >= 0.3 is 12.2 Å². The molecular weight excluding hydrogens is 850 g/mol. The summed E-state index contributed by atoms with van der Waals surface area (Å²) in [7, 11) is 0. The Hall–Kier alpha value is -7.13. The Morgan fingerprint density at radius 3 is 1.75 bits per heavy atom. The Bertz CT molecular complexity index is 2430. The summed E-state index contributed by atoms with van der Waals surface area (Å²) in [6.07, 6.45) is 11.6. The predicted molar refractivity (Wildman–Crippen MR) is 242 cm³/mol. The number of hydrogen-bond acceptors (Lipinski definition) is 14. The van der Waals surface area contributed by atoms with E-state index < -0.39 is 23.8 Å². The molecule has 0 aliphatic carbocycles. The van der Waals surface area contributed by atoms with Crippen LogP contribution in [0.5, 0.6) is 0 Å². The fourth-order valence-electron chi connectivity index (χ4n) is 7.17. The zero-order chi connectivity index (χ0) is 44.5. The lowest BCUT2D eigenvalue weighted by Crippen LogP contribution is -2.42. The molecule has 0 radical (unpaired) electrons. The Balaban J connectivity index is 0.000000210. The van der Waals surface area contributed by atoms with E-state index in [1.165, 1.54) is 35.8 Å². The molecule has 2 atom stereocenters. The van der Waals surface area contributed by atoms with Crippen molar-refractivity contribution in [3.05, 3.63) is 84.7 Å². The Morgan fingerprint density at radius 2 is 1.33 bits per heavy atom. The van der Waals surface area contributed by atoms with Crippen molar-refractivity contribution in [2.24, 2.45) is 10.1 Å². The average Bonchev–Trinajstić information content (AvgIpc) is 3.87. The second kappa shape index (κ2) is 21.3. The number of amides is 2. The van der Waals surface area contributed by atoms with Crippen LogP contribution in [0.2, 0.25) is 0 Å². The molecule has 4 aliphatic rings. The maximum Gasteiger partial charge on any atom is 0.414 e. The van der Waals surface area contributed by atoms with Gasteiger partial charge in [-0.3, -0.25) is 25.2 Å². The molecule has 6 heterocycles. The first-order chi connectivity index (χ1) is 30.4. The summed E-state index contributed by atoms with van der Waals surface area (Å²) in [6.45, 7) is 6.86. The van der Waals surface area contributed by atoms with Crippen LogP contribution in [0.4, 0.5) is 41.4 Å². The van der Waals surface area contributed by atoms with Crippen molar-refractivity contribution >= 4 is 71.8 Å². The van der Waals surface area contributed by atoms with E-state index in [1.54, 1.807) is 72.5 Å². The normalized spacial score (nSPS) is 17.8. The minimum absolute atomic E-state index is 0. The van der Waals surface area contributed by atoms with Gasteiger partial charge < -0.3 is 24.0 Å². The molecule has 334 valence electrons. The summed E-state index contributed by atoms with van der Waals surface area (Å²) in [4.78, 5) is 64.3. The first kappa shape index (κ1) is 46.4. The molecule has 2 aromatic heterocycles. The number of Topliss-reactive ketones (excluding diaryl/α,β-unsaturated/α-hetero) is 2. The van der Waals surface area contributed by atoms with Gasteiger partial charge in [-0.15, -0.1) is 18.8 Å². The molecule has 8 rings (SSSR count). The lowest BCUT2D eigenvalue weighted by molar-refractivity contribution is -0.118. The highest BCUT2D eigenvalue weighted by atomic mass is 35.5. The van der Waals surface area contributed by atoms with Crippen LogP contribution in [0.25, 0.3) is 22.3 Å². The van der Waals surface area contributed by atoms with Gasteiger partial charge in [0.1, 0.15) is 59.7 Å². The zero-order valence-corrected chi connectivity index (χ0v) is 36.0. The van der Waals surface area contributed by atoms with Gasteiger partial charge in [0, 0.05) is 54.0 Å². The third kappa shape index (κ3) is 11.5. The predicted octanol–water partition coefficient (Wildman–Crippen LogP) is 6.64. The van der Waals surface area contributed by atoms with Crippen molar-refractivity contribution in [3.63, 3.8) is 0 Å². The first-order valence-electron chi connectivity index (χ1n) is 20.4. The molecule has 0 spiro atoms. The van der Waals surface area contributed by atoms with Crippen LogP contribution in [0.1, 0.15) is 39.5 Å². The van der Waals surface area contributed by atoms with Gasteiger partial charge in [0.15, 0.2) is 0 Å². The SMILES string of the molecule is C#CCN1C=NN(c2ccc(-c3ccc(N4C[C@H](CCC(C)=O)OC4=O)cc3F)cn2)CC1.CC(=O)CC[C@H]1CN(c2ccc(-c3ccc(N4CCN=CN4)nc3)c(F)c2)C(=O)O1.Cl. The number of aliphatic imine (C=N–C) groups is 1. The summed E-state index contributed by atoms with van der Waals surface area (Å²) >= 11 is 0. The van der Waals surface area contributed by atoms with Crippen molar-refractivity contribution in [2.45, 2.75) is 51.7 Å². The van der Waals surface area contributed by atoms with E-state index in [2.05, 4.69) is 31.4 Å². The summed E-state index contributed by atoms with van der Waals surface area (Å²) in [5.41, 5.74) is 5.86. The van der Waals surface area contributed by atoms with Crippen molar-refractivity contribution < 1.29 is 37.4 Å². The Kier molecular flexibility index (Phi) is 15.4. The molecule has 2 fully saturated rings. The maximum absolute atomic E-state index is 14.9. The van der Waals surface area contributed by atoms with Crippen LogP contribution < -0.4 is 25.2 Å². The molecule has 2 saturated heterocycles. The second-order valence-electron chi connectivity index (χ2n) is 15.2. The van der Waals surface area contributed by atoms with Crippen molar-refractivity contribution in [2.75, 3.05) is 65.6 Å². The van der Waals surface area contributed by atoms with Crippen molar-refractivity contribution in [1.29, 1.82) is 0 Å². The number of nitrogens with zero attached hydrogens (tertiary/aromatic N) is 9. The molecule has 2 aromatic carbocycles. The smallest absolute Gasteiger partial charge is 0.414 e. The van der Waals surface area contributed by atoms with E-state index >= 15 is 0 Å². The largest absolute Gasteiger partial charge is 0.444 e. The summed E-state index contributed by atoms with van der Waals surface area (Å²) in [5.74, 6) is 3.12. The lowest BCUT2D eigenvalue weighted by atomic mass is 10.1. The maximum atomic E-state index is 14.9. The summed E-state index contributed by atoms with van der Waals surface area (Å²) in [5, 5.41) is 7.97. The molecule has 16 nitrogen and oxygen atoms in total. The minimum Gasteiger partial charge on any atom is -0.444 e. The van der Waals surface area contributed by atoms with Gasteiger partial charge in [0.2, 0.25) is 0 Å². The minimum atomic E-state index is -0.537. The van der Waals surface area contributed by atoms with E-state index in [0.717, 1.165) is 12.4 Å². The number of cyclic esters (lactones) is 2. The van der Waals surface area contributed by atoms with Gasteiger partial charge in [-0.25, -0.2) is 33.3 Å².